The van der Waals surface area contributed by atoms with Gasteiger partial charge in [0.2, 0.25) is 0 Å². The molecule has 0 rings (SSSR count). The molecule has 0 aromatic rings. The van der Waals surface area contributed by atoms with Crippen molar-refractivity contribution in [2.45, 2.75) is 12.5 Å². The molecule has 0 fully saturated rings. The van der Waals surface area contributed by atoms with Crippen LogP contribution in [0.3, 0.4) is 0 Å². The summed E-state index contributed by atoms with van der Waals surface area (Å²) in [6, 6.07) is 0. The third kappa shape index (κ3) is 5.38. The first-order valence-corrected chi connectivity index (χ1v) is 3.19. The number of hydrogen-bond donors (Lipinski definition) is 3. The molecule has 7 nitrogen and oxygen atoms in total. The van der Waals surface area contributed by atoms with E-state index in [1.54, 1.807) is 0 Å². The molecule has 0 saturated carbocycles. The van der Waals surface area contributed by atoms with Crippen molar-refractivity contribution in [3.8, 4) is 0 Å². The number of carboxylic acids is 3. The van der Waals surface area contributed by atoms with Gasteiger partial charge < -0.3 is 21.9 Å². The standard InChI is InChI=1S/C6H7O7.Ca.H/c7-3(8)1-2(5(10)11)4(9)6(12)13;;/h2,4H,1H2,(H,7,8)(H,10,11)(H,12,13);;/q-1;+2;-1. The summed E-state index contributed by atoms with van der Waals surface area (Å²) in [5.41, 5.74) is 0. The fourth-order valence-electron chi connectivity index (χ4n) is 0.684. The van der Waals surface area contributed by atoms with Crippen molar-refractivity contribution in [1.29, 1.82) is 0 Å². The molecular formula is C6H8CaO7. The van der Waals surface area contributed by atoms with Gasteiger partial charge in [-0.15, -0.1) is 0 Å². The van der Waals surface area contributed by atoms with Gasteiger partial charge in [0.05, 0.1) is 12.3 Å². The molecule has 0 aliphatic heterocycles. The first-order valence-electron chi connectivity index (χ1n) is 3.19. The molecule has 8 heteroatoms. The molecule has 0 saturated heterocycles. The van der Waals surface area contributed by atoms with E-state index in [2.05, 4.69) is 0 Å². The summed E-state index contributed by atoms with van der Waals surface area (Å²) in [6.45, 7) is 0. The van der Waals surface area contributed by atoms with Crippen molar-refractivity contribution in [1.82, 2.24) is 0 Å². The van der Waals surface area contributed by atoms with Crippen LogP contribution in [-0.4, -0.2) is 77.1 Å². The molecule has 0 amide bonds. The molecule has 2 unspecified atom stereocenters. The van der Waals surface area contributed by atoms with Crippen molar-refractivity contribution in [3.63, 3.8) is 0 Å². The van der Waals surface area contributed by atoms with Gasteiger partial charge in [-0.05, 0) is 6.10 Å². The minimum absolute atomic E-state index is 0. The van der Waals surface area contributed by atoms with E-state index in [-0.39, 0.29) is 39.2 Å². The van der Waals surface area contributed by atoms with Gasteiger partial charge in [-0.2, -0.15) is 0 Å². The Bertz CT molecular complexity index is 244. The zero-order valence-corrected chi connectivity index (χ0v) is 9.25. The molecule has 3 N–H and O–H groups in total. The monoisotopic (exact) mass is 232 g/mol. The minimum Gasteiger partial charge on any atom is -1.00 e. The van der Waals surface area contributed by atoms with E-state index in [4.69, 9.17) is 15.3 Å². The van der Waals surface area contributed by atoms with Crippen LogP contribution in [-0.2, 0) is 14.4 Å². The Hall–Kier alpha value is -0.370. The SMILES string of the molecule is O=C(O)CC(C(=O)O)C([O-])C(=O)O.[Ca+2].[H-]. The number of carboxylic acid groups (broad SMARTS) is 3. The summed E-state index contributed by atoms with van der Waals surface area (Å²) < 4.78 is 0. The normalized spacial score (nSPS) is 13.5. The molecule has 0 bridgehead atoms. The molecular weight excluding hydrogens is 224 g/mol. The maximum atomic E-state index is 10.7. The van der Waals surface area contributed by atoms with Gasteiger partial charge in [0.1, 0.15) is 0 Å². The second-order valence-electron chi connectivity index (χ2n) is 2.30. The third-order valence-corrected chi connectivity index (χ3v) is 1.32. The van der Waals surface area contributed by atoms with Crippen molar-refractivity contribution < 1.29 is 36.2 Å². The molecule has 76 valence electrons. The predicted octanol–water partition coefficient (Wildman–Crippen LogP) is -2.29. The first-order chi connectivity index (χ1) is 5.86. The number of aliphatic carboxylic acids is 3. The third-order valence-electron chi connectivity index (χ3n) is 1.32. The topological polar surface area (TPSA) is 135 Å². The summed E-state index contributed by atoms with van der Waals surface area (Å²) in [5, 5.41) is 35.3. The van der Waals surface area contributed by atoms with Gasteiger partial charge in [-0.1, -0.05) is 0 Å². The van der Waals surface area contributed by atoms with E-state index < -0.39 is 36.4 Å². The molecule has 0 spiro atoms. The van der Waals surface area contributed by atoms with Crippen molar-refractivity contribution in [2.75, 3.05) is 0 Å². The number of rotatable bonds is 5. The molecule has 0 radical (unpaired) electrons. The van der Waals surface area contributed by atoms with Crippen molar-refractivity contribution in [2.24, 2.45) is 5.92 Å². The van der Waals surface area contributed by atoms with Crippen LogP contribution in [0, 0.1) is 5.92 Å². The van der Waals surface area contributed by atoms with Crippen LogP contribution in [0.1, 0.15) is 7.85 Å². The minimum atomic E-state index is -2.45. The zero-order valence-electron chi connectivity index (χ0n) is 8.04. The largest absolute Gasteiger partial charge is 2.00 e. The average molecular weight is 232 g/mol. The summed E-state index contributed by atoms with van der Waals surface area (Å²) in [5.74, 6) is -7.04. The molecule has 0 aliphatic carbocycles. The summed E-state index contributed by atoms with van der Waals surface area (Å²) in [6.07, 6.45) is -3.44. The van der Waals surface area contributed by atoms with Crippen LogP contribution in [0.15, 0.2) is 0 Å². The second-order valence-corrected chi connectivity index (χ2v) is 2.30. The predicted molar refractivity (Wildman–Crippen MR) is 41.7 cm³/mol. The van der Waals surface area contributed by atoms with Gasteiger partial charge in [0.15, 0.2) is 0 Å². The average Bonchev–Trinajstić information content (AvgIpc) is 1.97. The van der Waals surface area contributed by atoms with Crippen LogP contribution in [0.4, 0.5) is 0 Å². The summed E-state index contributed by atoms with van der Waals surface area (Å²) >= 11 is 0. The molecule has 0 aromatic carbocycles. The Balaban J connectivity index is -0.000000720. The molecule has 2 atom stereocenters. The Morgan fingerprint density at radius 2 is 1.57 bits per heavy atom. The van der Waals surface area contributed by atoms with Crippen molar-refractivity contribution >= 4 is 55.6 Å². The van der Waals surface area contributed by atoms with Crippen LogP contribution in [0.5, 0.6) is 0 Å². The molecule has 0 aliphatic rings. The van der Waals surface area contributed by atoms with E-state index in [9.17, 15) is 19.5 Å². The Labute approximate surface area is 110 Å². The van der Waals surface area contributed by atoms with Crippen LogP contribution < -0.4 is 5.11 Å². The van der Waals surface area contributed by atoms with Gasteiger partial charge >= 0.3 is 49.7 Å². The van der Waals surface area contributed by atoms with Crippen LogP contribution >= 0.6 is 0 Å². The van der Waals surface area contributed by atoms with E-state index >= 15 is 0 Å². The summed E-state index contributed by atoms with van der Waals surface area (Å²) in [7, 11) is 0. The number of hydrogen-bond acceptors (Lipinski definition) is 4. The van der Waals surface area contributed by atoms with E-state index in [0.717, 1.165) is 0 Å². The first kappa shape index (κ1) is 16.1. The van der Waals surface area contributed by atoms with Crippen LogP contribution in [0.25, 0.3) is 0 Å². The van der Waals surface area contributed by atoms with Gasteiger partial charge in [-0.25, -0.2) is 0 Å². The summed E-state index contributed by atoms with van der Waals surface area (Å²) in [4.78, 5) is 30.4. The molecule has 14 heavy (non-hydrogen) atoms. The van der Waals surface area contributed by atoms with Crippen molar-refractivity contribution in [3.05, 3.63) is 0 Å². The zero-order chi connectivity index (χ0) is 10.6. The van der Waals surface area contributed by atoms with E-state index in [1.807, 2.05) is 0 Å². The Morgan fingerprint density at radius 3 is 1.79 bits per heavy atom. The van der Waals surface area contributed by atoms with Gasteiger partial charge in [0.25, 0.3) is 5.97 Å². The Kier molecular flexibility index (Phi) is 8.03. The Morgan fingerprint density at radius 1 is 1.14 bits per heavy atom. The smallest absolute Gasteiger partial charge is 1.00 e. The number of carbonyl (C=O) groups is 3. The van der Waals surface area contributed by atoms with Gasteiger partial charge in [-0.3, -0.25) is 14.4 Å². The maximum Gasteiger partial charge on any atom is 2.00 e. The van der Waals surface area contributed by atoms with Crippen LogP contribution in [0.2, 0.25) is 0 Å². The fourth-order valence-corrected chi connectivity index (χ4v) is 0.684. The fraction of sp³-hybridized carbons (Fsp3) is 0.500. The molecule has 0 heterocycles. The van der Waals surface area contributed by atoms with E-state index in [0.29, 0.717) is 0 Å². The quantitative estimate of drug-likeness (QED) is 0.454. The second kappa shape index (κ2) is 6.99. The van der Waals surface area contributed by atoms with Gasteiger partial charge in [0, 0.05) is 0 Å². The van der Waals surface area contributed by atoms with E-state index in [1.165, 1.54) is 0 Å². The maximum absolute atomic E-state index is 10.7. The molecule has 0 aromatic heterocycles.